The minimum Gasteiger partial charge on any atom is -0.309 e. The van der Waals surface area contributed by atoms with E-state index in [1.54, 1.807) is 78.9 Å². The normalized spacial score (nSPS) is 11.9. The number of hydrogen-bond donors (Lipinski definition) is 0. The molecule has 0 aliphatic rings. The monoisotopic (exact) mass is 787 g/mol. The molecule has 9 rings (SSSR count). The van der Waals surface area contributed by atoms with E-state index in [1.807, 2.05) is 71.3 Å². The second-order valence-corrected chi connectivity index (χ2v) is 13.8. The number of hydrogen-bond acceptors (Lipinski definition) is 4. The van der Waals surface area contributed by atoms with Gasteiger partial charge in [0.25, 0.3) is 0 Å². The maximum Gasteiger partial charge on any atom is 0.417 e. The first-order valence-electron chi connectivity index (χ1n) is 18.3. The first-order valence-corrected chi connectivity index (χ1v) is 18.3. The average molecular weight is 788 g/mol. The Morgan fingerprint density at radius 2 is 1.02 bits per heavy atom. The Balaban J connectivity index is 1.34. The third-order valence-electron chi connectivity index (χ3n) is 10.2. The molecule has 0 aliphatic carbocycles. The number of benzene rings is 7. The quantitative estimate of drug-likeness (QED) is 0.157. The maximum atomic E-state index is 15.0. The zero-order valence-electron chi connectivity index (χ0n) is 30.6. The van der Waals surface area contributed by atoms with Crippen LogP contribution < -0.4 is 0 Å². The van der Waals surface area contributed by atoms with E-state index in [2.05, 4.69) is 6.07 Å². The van der Waals surface area contributed by atoms with Crippen LogP contribution in [0.3, 0.4) is 0 Å². The fourth-order valence-electron chi connectivity index (χ4n) is 7.37. The highest BCUT2D eigenvalue weighted by Gasteiger charge is 2.39. The molecular weight excluding hydrogens is 761 g/mol. The molecule has 2 aromatic heterocycles. The molecule has 0 aliphatic heterocycles. The molecule has 0 amide bonds. The van der Waals surface area contributed by atoms with Gasteiger partial charge in [-0.3, -0.25) is 0 Å². The molecule has 2 heterocycles. The van der Waals surface area contributed by atoms with Gasteiger partial charge < -0.3 is 4.57 Å². The average Bonchev–Trinajstić information content (AvgIpc) is 3.59. The van der Waals surface area contributed by atoms with Crippen molar-refractivity contribution in [3.8, 4) is 68.2 Å². The van der Waals surface area contributed by atoms with Gasteiger partial charge in [-0.2, -0.15) is 31.6 Å². The third kappa shape index (κ3) is 6.95. The third-order valence-corrected chi connectivity index (χ3v) is 10.2. The van der Waals surface area contributed by atoms with Gasteiger partial charge in [0.2, 0.25) is 0 Å². The zero-order chi connectivity index (χ0) is 40.9. The fourth-order valence-corrected chi connectivity index (χ4v) is 7.37. The van der Waals surface area contributed by atoms with Crippen LogP contribution in [0.1, 0.15) is 16.7 Å². The van der Waals surface area contributed by atoms with Crippen LogP contribution in [0, 0.1) is 11.3 Å². The molecule has 11 heteroatoms. The maximum absolute atomic E-state index is 15.0. The van der Waals surface area contributed by atoms with Crippen molar-refractivity contribution in [3.63, 3.8) is 0 Å². The lowest BCUT2D eigenvalue weighted by Gasteiger charge is -2.20. The zero-order valence-corrected chi connectivity index (χ0v) is 30.6. The molecule has 0 spiro atoms. The summed E-state index contributed by atoms with van der Waals surface area (Å²) in [7, 11) is 0. The standard InChI is InChI=1S/C48H27F6N5/c49-47(50,51)34-20-23-36(41(26-34)48(52,53)54)40-27-35(21-24-39(40)46-57-44(31-9-3-1-4-10-31)56-45(58-46)32-11-5-2-6-12-32)59-42-14-8-7-13-37(42)38-22-19-33(25-43(38)59)30-17-15-29(28-55)16-18-30/h1-27H. The van der Waals surface area contributed by atoms with E-state index >= 15 is 13.2 Å². The van der Waals surface area contributed by atoms with Gasteiger partial charge in [-0.25, -0.2) is 15.0 Å². The molecule has 0 atom stereocenters. The number of fused-ring (bicyclic) bond motifs is 3. The van der Waals surface area contributed by atoms with Crippen LogP contribution in [0.5, 0.6) is 0 Å². The van der Waals surface area contributed by atoms with Gasteiger partial charge in [0, 0.05) is 33.2 Å². The second-order valence-electron chi connectivity index (χ2n) is 13.8. The number of nitriles is 1. The van der Waals surface area contributed by atoms with E-state index in [1.165, 1.54) is 0 Å². The molecule has 0 radical (unpaired) electrons. The van der Waals surface area contributed by atoms with Gasteiger partial charge >= 0.3 is 12.4 Å². The van der Waals surface area contributed by atoms with Crippen LogP contribution in [-0.4, -0.2) is 19.5 Å². The van der Waals surface area contributed by atoms with Crippen LogP contribution >= 0.6 is 0 Å². The Morgan fingerprint density at radius 1 is 0.441 bits per heavy atom. The van der Waals surface area contributed by atoms with Gasteiger partial charge in [0.05, 0.1) is 33.8 Å². The second kappa shape index (κ2) is 14.4. The Kier molecular flexibility index (Phi) is 9.05. The van der Waals surface area contributed by atoms with Gasteiger partial charge in [-0.05, 0) is 76.9 Å². The molecule has 0 fully saturated rings. The van der Waals surface area contributed by atoms with Crippen LogP contribution in [0.25, 0.3) is 83.9 Å². The van der Waals surface area contributed by atoms with Crippen molar-refractivity contribution in [1.82, 2.24) is 19.5 Å². The van der Waals surface area contributed by atoms with E-state index in [9.17, 15) is 18.4 Å². The predicted molar refractivity (Wildman–Crippen MR) is 216 cm³/mol. The largest absolute Gasteiger partial charge is 0.417 e. The number of alkyl halides is 6. The number of nitrogens with zero attached hydrogens (tertiary/aromatic N) is 5. The summed E-state index contributed by atoms with van der Waals surface area (Å²) in [6.45, 7) is 0. The first kappa shape index (κ1) is 37.0. The van der Waals surface area contributed by atoms with Crippen LogP contribution in [-0.2, 0) is 12.4 Å². The summed E-state index contributed by atoms with van der Waals surface area (Å²) in [4.78, 5) is 14.3. The molecule has 0 N–H and O–H groups in total. The van der Waals surface area contributed by atoms with Crippen molar-refractivity contribution in [1.29, 1.82) is 5.26 Å². The van der Waals surface area contributed by atoms with E-state index in [4.69, 9.17) is 15.0 Å². The predicted octanol–water partition coefficient (Wildman–Crippen LogP) is 13.2. The summed E-state index contributed by atoms with van der Waals surface area (Å²) in [6, 6.07) is 47.3. The highest BCUT2D eigenvalue weighted by molar-refractivity contribution is 6.10. The Morgan fingerprint density at radius 3 is 1.64 bits per heavy atom. The topological polar surface area (TPSA) is 67.4 Å². The van der Waals surface area contributed by atoms with Crippen molar-refractivity contribution in [3.05, 3.63) is 180 Å². The van der Waals surface area contributed by atoms with Crippen molar-refractivity contribution in [2.75, 3.05) is 0 Å². The summed E-state index contributed by atoms with van der Waals surface area (Å²) in [5.74, 6) is 0.536. The van der Waals surface area contributed by atoms with Crippen molar-refractivity contribution < 1.29 is 26.3 Å². The number of rotatable bonds is 6. The number of halogens is 6. The molecule has 7 aromatic carbocycles. The summed E-state index contributed by atoms with van der Waals surface area (Å²) in [6.07, 6.45) is -10.2. The first-order chi connectivity index (χ1) is 28.5. The van der Waals surface area contributed by atoms with Crippen LogP contribution in [0.15, 0.2) is 164 Å². The smallest absolute Gasteiger partial charge is 0.309 e. The minimum absolute atomic E-state index is 0.0256. The van der Waals surface area contributed by atoms with Crippen molar-refractivity contribution in [2.24, 2.45) is 0 Å². The molecule has 0 unspecified atom stereocenters. The van der Waals surface area contributed by atoms with Crippen LogP contribution in [0.4, 0.5) is 26.3 Å². The highest BCUT2D eigenvalue weighted by atomic mass is 19.4. The van der Waals surface area contributed by atoms with E-state index in [0.29, 0.717) is 28.4 Å². The molecule has 5 nitrogen and oxygen atoms in total. The lowest BCUT2D eigenvalue weighted by molar-refractivity contribution is -0.142. The van der Waals surface area contributed by atoms with Crippen molar-refractivity contribution in [2.45, 2.75) is 12.4 Å². The van der Waals surface area contributed by atoms with Gasteiger partial charge in [-0.1, -0.05) is 109 Å². The number of aromatic nitrogens is 4. The Labute approximate surface area is 333 Å². The fraction of sp³-hybridized carbons (Fsp3) is 0.0417. The van der Waals surface area contributed by atoms with E-state index in [0.717, 1.165) is 39.0 Å². The molecule has 9 aromatic rings. The summed E-state index contributed by atoms with van der Waals surface area (Å²) >= 11 is 0. The number of para-hydroxylation sites is 1. The van der Waals surface area contributed by atoms with Crippen LogP contribution in [0.2, 0.25) is 0 Å². The lowest BCUT2D eigenvalue weighted by atomic mass is 9.92. The minimum atomic E-state index is -5.17. The molecular formula is C48H27F6N5. The Hall–Kier alpha value is -7.58. The summed E-state index contributed by atoms with van der Waals surface area (Å²) in [5.41, 5.74) is 2.09. The van der Waals surface area contributed by atoms with Gasteiger partial charge in [0.15, 0.2) is 17.5 Å². The van der Waals surface area contributed by atoms with Gasteiger partial charge in [0.1, 0.15) is 0 Å². The Bertz CT molecular complexity index is 3020. The summed E-state index contributed by atoms with van der Waals surface area (Å²) in [5, 5.41) is 11.1. The highest BCUT2D eigenvalue weighted by Crippen LogP contribution is 2.45. The van der Waals surface area contributed by atoms with E-state index < -0.39 is 29.0 Å². The lowest BCUT2D eigenvalue weighted by Crippen LogP contribution is -2.12. The molecule has 0 saturated heterocycles. The SMILES string of the molecule is N#Cc1ccc(-c2ccc3c4ccccc4n(-c4ccc(-c5nc(-c6ccccc6)nc(-c6ccccc6)n5)c(-c5ccc(C(F)(F)F)cc5C(F)(F)F)c4)c3c2)cc1. The molecule has 59 heavy (non-hydrogen) atoms. The molecule has 0 bridgehead atoms. The van der Waals surface area contributed by atoms with Crippen molar-refractivity contribution >= 4 is 21.8 Å². The summed E-state index contributed by atoms with van der Waals surface area (Å²) < 4.78 is 88.9. The molecule has 0 saturated carbocycles. The van der Waals surface area contributed by atoms with Gasteiger partial charge in [-0.15, -0.1) is 0 Å². The molecule has 286 valence electrons. The van der Waals surface area contributed by atoms with E-state index in [-0.39, 0.29) is 34.7 Å².